The van der Waals surface area contributed by atoms with Crippen LogP contribution in [0.2, 0.25) is 0 Å². The van der Waals surface area contributed by atoms with Crippen molar-refractivity contribution in [3.05, 3.63) is 43.0 Å². The first-order chi connectivity index (χ1) is 9.92. The Balaban J connectivity index is 2.29. The van der Waals surface area contributed by atoms with Gasteiger partial charge in [0.25, 0.3) is 5.91 Å². The Bertz CT molecular complexity index is 716. The molecule has 1 amide bonds. The molecule has 4 nitrogen and oxygen atoms in total. The van der Waals surface area contributed by atoms with Crippen molar-refractivity contribution in [2.45, 2.75) is 0 Å². The third-order valence-electron chi connectivity index (χ3n) is 2.64. The second-order valence-electron chi connectivity index (χ2n) is 3.97. The van der Waals surface area contributed by atoms with Crippen LogP contribution >= 0.6 is 55.4 Å². The fraction of sp³-hybridized carbons (Fsp3) is 0.0769. The quantitative estimate of drug-likeness (QED) is 0.687. The van der Waals surface area contributed by atoms with E-state index in [2.05, 4.69) is 37.2 Å². The number of thiocarbonyl (C=S) groups is 1. The largest absolute Gasteiger partial charge is 0.495 e. The molecule has 0 aliphatic heterocycles. The van der Waals surface area contributed by atoms with Crippen LogP contribution in [0.5, 0.6) is 5.75 Å². The van der Waals surface area contributed by atoms with Gasteiger partial charge < -0.3 is 15.8 Å². The summed E-state index contributed by atoms with van der Waals surface area (Å²) in [5.74, 6) is 0.268. The number of amides is 1. The molecule has 0 saturated carbocycles. The molecular weight excluding hydrogens is 440 g/mol. The average molecular weight is 450 g/mol. The zero-order chi connectivity index (χ0) is 15.6. The number of thiophene rings is 1. The minimum Gasteiger partial charge on any atom is -0.495 e. The van der Waals surface area contributed by atoms with Crippen LogP contribution in [0.3, 0.4) is 0 Å². The molecule has 0 aliphatic rings. The second-order valence-corrected chi connectivity index (χ2v) is 8.16. The van der Waals surface area contributed by atoms with Gasteiger partial charge in [-0.25, -0.2) is 0 Å². The van der Waals surface area contributed by atoms with Gasteiger partial charge in [-0.1, -0.05) is 12.2 Å². The number of halogens is 2. The van der Waals surface area contributed by atoms with Crippen molar-refractivity contribution in [2.24, 2.45) is 5.73 Å². The lowest BCUT2D eigenvalue weighted by atomic mass is 10.2. The van der Waals surface area contributed by atoms with Crippen LogP contribution in [0.4, 0.5) is 5.69 Å². The predicted molar refractivity (Wildman–Crippen MR) is 96.6 cm³/mol. The van der Waals surface area contributed by atoms with Crippen molar-refractivity contribution in [3.63, 3.8) is 0 Å². The van der Waals surface area contributed by atoms with Crippen LogP contribution in [-0.2, 0) is 0 Å². The Morgan fingerprint density at radius 1 is 1.38 bits per heavy atom. The smallest absolute Gasteiger partial charge is 0.257 e. The Morgan fingerprint density at radius 3 is 2.62 bits per heavy atom. The number of nitrogens with two attached hydrogens (primary N) is 1. The number of carbonyl (C=O) groups is 1. The first-order valence-electron chi connectivity index (χ1n) is 5.66. The topological polar surface area (TPSA) is 64.3 Å². The number of rotatable bonds is 4. The van der Waals surface area contributed by atoms with Crippen molar-refractivity contribution >= 4 is 72.0 Å². The maximum absolute atomic E-state index is 12.3. The molecule has 2 aromatic rings. The molecule has 110 valence electrons. The highest BCUT2D eigenvalue weighted by Gasteiger charge is 2.16. The summed E-state index contributed by atoms with van der Waals surface area (Å²) in [6.45, 7) is 0. The Morgan fingerprint density at radius 2 is 2.10 bits per heavy atom. The van der Waals surface area contributed by atoms with E-state index in [1.165, 1.54) is 18.4 Å². The minimum absolute atomic E-state index is 0.231. The summed E-state index contributed by atoms with van der Waals surface area (Å²) in [4.78, 5) is 12.5. The maximum Gasteiger partial charge on any atom is 0.257 e. The number of hydrogen-bond acceptors (Lipinski definition) is 4. The van der Waals surface area contributed by atoms with Gasteiger partial charge in [-0.3, -0.25) is 4.79 Å². The lowest BCUT2D eigenvalue weighted by molar-refractivity contribution is 0.102. The van der Waals surface area contributed by atoms with Crippen molar-refractivity contribution in [2.75, 3.05) is 12.4 Å². The van der Waals surface area contributed by atoms with E-state index in [1.54, 1.807) is 24.3 Å². The number of methoxy groups -OCH3 is 1. The molecule has 0 bridgehead atoms. The Labute approximate surface area is 147 Å². The number of nitrogens with one attached hydrogen (secondary N) is 1. The fourth-order valence-corrected chi connectivity index (χ4v) is 4.55. The molecule has 1 heterocycles. The van der Waals surface area contributed by atoms with Gasteiger partial charge in [0.15, 0.2) is 0 Å². The molecule has 0 saturated heterocycles. The molecule has 0 atom stereocenters. The van der Waals surface area contributed by atoms with Gasteiger partial charge in [0.1, 0.15) is 10.7 Å². The minimum atomic E-state index is -0.231. The Kier molecular flexibility index (Phi) is 5.37. The molecule has 0 unspecified atom stereocenters. The summed E-state index contributed by atoms with van der Waals surface area (Å²) in [6, 6.07) is 6.88. The van der Waals surface area contributed by atoms with Crippen molar-refractivity contribution in [1.82, 2.24) is 0 Å². The molecule has 0 fully saturated rings. The number of hydrogen-bond donors (Lipinski definition) is 2. The molecule has 2 rings (SSSR count). The van der Waals surface area contributed by atoms with Crippen LogP contribution in [0.25, 0.3) is 0 Å². The Hall–Kier alpha value is -0.960. The van der Waals surface area contributed by atoms with Gasteiger partial charge >= 0.3 is 0 Å². The fourth-order valence-electron chi connectivity index (χ4n) is 1.63. The number of benzene rings is 1. The normalized spacial score (nSPS) is 10.2. The van der Waals surface area contributed by atoms with E-state index in [9.17, 15) is 4.79 Å². The van der Waals surface area contributed by atoms with Crippen LogP contribution in [0.15, 0.2) is 31.8 Å². The molecule has 0 spiro atoms. The molecule has 21 heavy (non-hydrogen) atoms. The lowest BCUT2D eigenvalue weighted by Gasteiger charge is -2.11. The van der Waals surface area contributed by atoms with Crippen LogP contribution in [0.1, 0.15) is 15.9 Å². The molecule has 1 aromatic carbocycles. The van der Waals surface area contributed by atoms with Gasteiger partial charge in [0.2, 0.25) is 0 Å². The van der Waals surface area contributed by atoms with Gasteiger partial charge in [-0.2, -0.15) is 0 Å². The van der Waals surface area contributed by atoms with Crippen LogP contribution in [0, 0.1) is 0 Å². The van der Waals surface area contributed by atoms with Crippen LogP contribution in [-0.4, -0.2) is 18.0 Å². The van der Waals surface area contributed by atoms with Crippen molar-refractivity contribution < 1.29 is 9.53 Å². The SMILES string of the molecule is COc1cc(C(N)=S)ccc1NC(=O)c1cc(Br)sc1Br. The van der Waals surface area contributed by atoms with Crippen molar-refractivity contribution in [3.8, 4) is 5.75 Å². The zero-order valence-electron chi connectivity index (χ0n) is 10.8. The first-order valence-corrected chi connectivity index (χ1v) is 8.47. The number of carbonyl (C=O) groups excluding carboxylic acids is 1. The van der Waals surface area contributed by atoms with Gasteiger partial charge in [-0.05, 0) is 56.1 Å². The summed E-state index contributed by atoms with van der Waals surface area (Å²) >= 11 is 13.1. The van der Waals surface area contributed by atoms with Gasteiger partial charge in [0.05, 0.1) is 25.9 Å². The molecule has 3 N–H and O–H groups in total. The average Bonchev–Trinajstić information content (AvgIpc) is 2.78. The molecule has 1 aromatic heterocycles. The highest BCUT2D eigenvalue weighted by Crippen LogP contribution is 2.33. The summed E-state index contributed by atoms with van der Waals surface area (Å²) in [7, 11) is 1.52. The lowest BCUT2D eigenvalue weighted by Crippen LogP contribution is -2.14. The molecule has 8 heteroatoms. The van der Waals surface area contributed by atoms with Gasteiger partial charge in [-0.15, -0.1) is 11.3 Å². The number of ether oxygens (including phenoxy) is 1. The maximum atomic E-state index is 12.3. The van der Waals surface area contributed by atoms with E-state index >= 15 is 0 Å². The van der Waals surface area contributed by atoms with E-state index in [1.807, 2.05) is 0 Å². The standard InChI is InChI=1S/C13H10Br2N2O2S2/c1-19-9-4-6(12(16)20)2-3-8(9)17-13(18)7-5-10(14)21-11(7)15/h2-5H,1H3,(H2,16,20)(H,17,18). The third kappa shape index (κ3) is 3.82. The van der Waals surface area contributed by atoms with E-state index in [0.29, 0.717) is 22.6 Å². The first kappa shape index (κ1) is 16.4. The molecule has 0 aliphatic carbocycles. The zero-order valence-corrected chi connectivity index (χ0v) is 15.6. The van der Waals surface area contributed by atoms with E-state index in [4.69, 9.17) is 22.7 Å². The van der Waals surface area contributed by atoms with Crippen LogP contribution < -0.4 is 15.8 Å². The van der Waals surface area contributed by atoms with Crippen molar-refractivity contribution in [1.29, 1.82) is 0 Å². The summed E-state index contributed by atoms with van der Waals surface area (Å²) in [5, 5.41) is 2.81. The highest BCUT2D eigenvalue weighted by molar-refractivity contribution is 9.12. The third-order valence-corrected chi connectivity index (χ3v) is 5.21. The number of anilines is 1. The summed E-state index contributed by atoms with van der Waals surface area (Å²) in [6.07, 6.45) is 0. The monoisotopic (exact) mass is 448 g/mol. The predicted octanol–water partition coefficient (Wildman–Crippen LogP) is 4.17. The van der Waals surface area contributed by atoms with Gasteiger partial charge in [0, 0.05) is 5.56 Å². The summed E-state index contributed by atoms with van der Waals surface area (Å²) < 4.78 is 6.89. The molecule has 0 radical (unpaired) electrons. The summed E-state index contributed by atoms with van der Waals surface area (Å²) in [5.41, 5.74) is 7.36. The highest BCUT2D eigenvalue weighted by atomic mass is 79.9. The second kappa shape index (κ2) is 6.87. The molecular formula is C13H10Br2N2O2S2. The van der Waals surface area contributed by atoms with E-state index in [0.717, 1.165) is 7.57 Å². The van der Waals surface area contributed by atoms with E-state index < -0.39 is 0 Å². The van der Waals surface area contributed by atoms with E-state index in [-0.39, 0.29) is 10.9 Å².